The lowest BCUT2D eigenvalue weighted by molar-refractivity contribution is 0.139. The van der Waals surface area contributed by atoms with Gasteiger partial charge in [-0.25, -0.2) is 0 Å². The molecule has 1 aliphatic rings. The Labute approximate surface area is 79.3 Å². The summed E-state index contributed by atoms with van der Waals surface area (Å²) < 4.78 is 11.9. The summed E-state index contributed by atoms with van der Waals surface area (Å²) in [5.41, 5.74) is -0.200. The molecule has 0 amide bonds. The molecule has 13 heavy (non-hydrogen) atoms. The quantitative estimate of drug-likeness (QED) is 0.670. The number of halogens is 1. The average Bonchev–Trinajstić information content (AvgIpc) is 2.15. The lowest BCUT2D eigenvalue weighted by atomic mass is 9.83. The van der Waals surface area contributed by atoms with Gasteiger partial charge in [-0.1, -0.05) is 0 Å². The summed E-state index contributed by atoms with van der Waals surface area (Å²) in [5.74, 6) is 0. The van der Waals surface area contributed by atoms with Crippen LogP contribution >= 0.6 is 0 Å². The van der Waals surface area contributed by atoms with Crippen LogP contribution in [0.2, 0.25) is 0 Å². The molecule has 0 aliphatic carbocycles. The monoisotopic (exact) mass is 184 g/mol. The summed E-state index contributed by atoms with van der Waals surface area (Å²) in [6.45, 7) is 4.38. The second kappa shape index (κ2) is 4.57. The van der Waals surface area contributed by atoms with Crippen molar-refractivity contribution in [2.45, 2.75) is 26.2 Å². The molecule has 0 bridgehead atoms. The van der Waals surface area contributed by atoms with Gasteiger partial charge in [-0.2, -0.15) is 5.26 Å². The second-order valence-electron chi connectivity index (χ2n) is 4.09. The van der Waals surface area contributed by atoms with E-state index in [9.17, 15) is 4.39 Å². The maximum atomic E-state index is 11.9. The van der Waals surface area contributed by atoms with Gasteiger partial charge in [0.2, 0.25) is 0 Å². The van der Waals surface area contributed by atoms with Crippen LogP contribution in [0.5, 0.6) is 0 Å². The van der Waals surface area contributed by atoms with Crippen molar-refractivity contribution < 1.29 is 4.39 Å². The number of hydrogen-bond acceptors (Lipinski definition) is 2. The average molecular weight is 184 g/mol. The molecule has 1 heterocycles. The largest absolute Gasteiger partial charge is 0.302 e. The normalized spacial score (nSPS) is 29.9. The van der Waals surface area contributed by atoms with E-state index in [0.717, 1.165) is 32.5 Å². The van der Waals surface area contributed by atoms with Gasteiger partial charge in [-0.15, -0.1) is 0 Å². The Kier molecular flexibility index (Phi) is 3.68. The Morgan fingerprint density at radius 2 is 2.38 bits per heavy atom. The zero-order valence-electron chi connectivity index (χ0n) is 8.22. The molecule has 1 fully saturated rings. The molecule has 2 nitrogen and oxygen atoms in total. The van der Waals surface area contributed by atoms with Crippen molar-refractivity contribution in [3.05, 3.63) is 0 Å². The van der Waals surface area contributed by atoms with Gasteiger partial charge in [-0.05, 0) is 32.7 Å². The molecule has 1 atom stereocenters. The Hall–Kier alpha value is -0.620. The number of nitrogens with zero attached hydrogens (tertiary/aromatic N) is 2. The molecule has 0 N–H and O–H groups in total. The highest BCUT2D eigenvalue weighted by molar-refractivity contribution is 4.99. The fourth-order valence-corrected chi connectivity index (χ4v) is 1.91. The summed E-state index contributed by atoms with van der Waals surface area (Å²) >= 11 is 0. The van der Waals surface area contributed by atoms with Crippen LogP contribution in [0, 0.1) is 16.7 Å². The SMILES string of the molecule is CC1(C#N)CCCN(CCCF)C1. The van der Waals surface area contributed by atoms with Gasteiger partial charge >= 0.3 is 0 Å². The smallest absolute Gasteiger partial charge is 0.0906 e. The second-order valence-corrected chi connectivity index (χ2v) is 4.09. The lowest BCUT2D eigenvalue weighted by Gasteiger charge is -2.35. The lowest BCUT2D eigenvalue weighted by Crippen LogP contribution is -2.41. The zero-order chi connectivity index (χ0) is 9.73. The molecule has 1 unspecified atom stereocenters. The summed E-state index contributed by atoms with van der Waals surface area (Å²) in [6.07, 6.45) is 2.65. The van der Waals surface area contributed by atoms with Gasteiger partial charge in [0.1, 0.15) is 0 Å². The Morgan fingerprint density at radius 3 is 3.00 bits per heavy atom. The van der Waals surface area contributed by atoms with Crippen LogP contribution in [0.1, 0.15) is 26.2 Å². The predicted molar refractivity (Wildman–Crippen MR) is 50.0 cm³/mol. The van der Waals surface area contributed by atoms with E-state index in [1.165, 1.54) is 0 Å². The predicted octanol–water partition coefficient (Wildman–Crippen LogP) is 1.97. The molecular formula is C10H17FN2. The van der Waals surface area contributed by atoms with Crippen LogP contribution < -0.4 is 0 Å². The van der Waals surface area contributed by atoms with E-state index in [1.807, 2.05) is 6.92 Å². The van der Waals surface area contributed by atoms with Crippen LogP contribution in [-0.4, -0.2) is 31.2 Å². The highest BCUT2D eigenvalue weighted by Gasteiger charge is 2.30. The van der Waals surface area contributed by atoms with Crippen molar-refractivity contribution >= 4 is 0 Å². The van der Waals surface area contributed by atoms with Gasteiger partial charge in [0, 0.05) is 13.1 Å². The topological polar surface area (TPSA) is 27.0 Å². The number of alkyl halides is 1. The van der Waals surface area contributed by atoms with Crippen molar-refractivity contribution in [2.75, 3.05) is 26.3 Å². The molecule has 0 saturated carbocycles. The van der Waals surface area contributed by atoms with E-state index in [0.29, 0.717) is 6.42 Å². The minimum atomic E-state index is -0.250. The first-order valence-electron chi connectivity index (χ1n) is 4.90. The standard InChI is InChI=1S/C10H17FN2/c1-10(8-12)4-2-6-13(9-10)7-3-5-11/h2-7,9H2,1H3. The molecule has 3 heteroatoms. The molecule has 0 aromatic carbocycles. The zero-order valence-corrected chi connectivity index (χ0v) is 8.22. The molecule has 0 radical (unpaired) electrons. The van der Waals surface area contributed by atoms with Gasteiger partial charge in [-0.3, -0.25) is 4.39 Å². The van der Waals surface area contributed by atoms with Crippen LogP contribution in [-0.2, 0) is 0 Å². The molecule has 74 valence electrons. The summed E-state index contributed by atoms with van der Waals surface area (Å²) in [7, 11) is 0. The van der Waals surface area contributed by atoms with Crippen LogP contribution in [0.4, 0.5) is 4.39 Å². The van der Waals surface area contributed by atoms with Crippen molar-refractivity contribution in [2.24, 2.45) is 5.41 Å². The van der Waals surface area contributed by atoms with Crippen molar-refractivity contribution in [1.29, 1.82) is 5.26 Å². The third kappa shape index (κ3) is 2.96. The van der Waals surface area contributed by atoms with E-state index in [4.69, 9.17) is 5.26 Å². The van der Waals surface area contributed by atoms with Crippen LogP contribution in [0.15, 0.2) is 0 Å². The van der Waals surface area contributed by atoms with E-state index in [2.05, 4.69) is 11.0 Å². The third-order valence-corrected chi connectivity index (χ3v) is 2.65. The third-order valence-electron chi connectivity index (χ3n) is 2.65. The van der Waals surface area contributed by atoms with Crippen molar-refractivity contribution in [3.8, 4) is 6.07 Å². The fraction of sp³-hybridized carbons (Fsp3) is 0.900. The molecule has 1 aliphatic heterocycles. The molecule has 1 rings (SSSR count). The molecule has 0 spiro atoms. The van der Waals surface area contributed by atoms with Crippen molar-refractivity contribution in [3.63, 3.8) is 0 Å². The first kappa shape index (κ1) is 10.5. The summed E-state index contributed by atoms with van der Waals surface area (Å²) in [6, 6.07) is 2.35. The van der Waals surface area contributed by atoms with Gasteiger partial charge < -0.3 is 4.90 Å². The number of likely N-dealkylation sites (tertiary alicyclic amines) is 1. The van der Waals surface area contributed by atoms with Crippen LogP contribution in [0.3, 0.4) is 0 Å². The van der Waals surface area contributed by atoms with Gasteiger partial charge in [0.15, 0.2) is 0 Å². The highest BCUT2D eigenvalue weighted by Crippen LogP contribution is 2.28. The van der Waals surface area contributed by atoms with E-state index < -0.39 is 0 Å². The van der Waals surface area contributed by atoms with Crippen LogP contribution in [0.25, 0.3) is 0 Å². The Morgan fingerprint density at radius 1 is 1.62 bits per heavy atom. The number of hydrogen-bond donors (Lipinski definition) is 0. The molecule has 0 aromatic heterocycles. The molecular weight excluding hydrogens is 167 g/mol. The maximum Gasteiger partial charge on any atom is 0.0906 e. The minimum Gasteiger partial charge on any atom is -0.302 e. The summed E-state index contributed by atoms with van der Waals surface area (Å²) in [5, 5.41) is 8.94. The van der Waals surface area contributed by atoms with Crippen molar-refractivity contribution in [1.82, 2.24) is 4.90 Å². The first-order chi connectivity index (χ1) is 6.20. The Balaban J connectivity index is 2.38. The van der Waals surface area contributed by atoms with E-state index in [-0.39, 0.29) is 12.1 Å². The van der Waals surface area contributed by atoms with Gasteiger partial charge in [0.05, 0.1) is 18.2 Å². The number of piperidine rings is 1. The molecule has 1 saturated heterocycles. The summed E-state index contributed by atoms with van der Waals surface area (Å²) in [4.78, 5) is 2.20. The number of rotatable bonds is 3. The fourth-order valence-electron chi connectivity index (χ4n) is 1.91. The van der Waals surface area contributed by atoms with Gasteiger partial charge in [0.25, 0.3) is 0 Å². The number of nitriles is 1. The minimum absolute atomic E-state index is 0.200. The molecule has 0 aromatic rings. The maximum absolute atomic E-state index is 11.9. The highest BCUT2D eigenvalue weighted by atomic mass is 19.1. The van der Waals surface area contributed by atoms with E-state index in [1.54, 1.807) is 0 Å². The Bertz CT molecular complexity index is 200. The van der Waals surface area contributed by atoms with E-state index >= 15 is 0 Å². The first-order valence-corrected chi connectivity index (χ1v) is 4.90.